The molecule has 2 aromatic heterocycles. The molecule has 1 aliphatic rings. The Hall–Kier alpha value is -1.98. The lowest BCUT2D eigenvalue weighted by atomic mass is 10.2. The molecule has 3 rings (SSSR count). The van der Waals surface area contributed by atoms with Crippen LogP contribution in [-0.2, 0) is 18.4 Å². The first-order valence-electron chi connectivity index (χ1n) is 5.56. The summed E-state index contributed by atoms with van der Waals surface area (Å²) in [6.45, 7) is 0.126. The van der Waals surface area contributed by atoms with E-state index in [1.54, 1.807) is 11.7 Å². The zero-order valence-corrected chi connectivity index (χ0v) is 9.46. The molecule has 0 amide bonds. The van der Waals surface area contributed by atoms with E-state index < -0.39 is 0 Å². The number of Topliss-reactive ketones (excluding diaryl/α,β-unsaturated/α-hetero) is 1. The number of fused-ring (bicyclic) bond motifs is 1. The van der Waals surface area contributed by atoms with Gasteiger partial charge in [0.25, 0.3) is 5.56 Å². The highest BCUT2D eigenvalue weighted by Crippen LogP contribution is 2.30. The molecule has 17 heavy (non-hydrogen) atoms. The van der Waals surface area contributed by atoms with E-state index >= 15 is 0 Å². The molecule has 1 saturated carbocycles. The molecule has 0 saturated heterocycles. The van der Waals surface area contributed by atoms with Crippen molar-refractivity contribution in [3.05, 3.63) is 22.9 Å². The van der Waals surface area contributed by atoms with Crippen LogP contribution in [0.25, 0.3) is 11.0 Å². The van der Waals surface area contributed by atoms with E-state index in [-0.39, 0.29) is 23.8 Å². The van der Waals surface area contributed by atoms with Crippen molar-refractivity contribution < 1.29 is 4.79 Å². The van der Waals surface area contributed by atoms with Crippen molar-refractivity contribution in [1.82, 2.24) is 19.3 Å². The third-order valence-corrected chi connectivity index (χ3v) is 3.08. The summed E-state index contributed by atoms with van der Waals surface area (Å²) in [5.74, 6) is 0.281. The molecule has 0 aromatic carbocycles. The molecule has 0 atom stereocenters. The van der Waals surface area contributed by atoms with Gasteiger partial charge >= 0.3 is 0 Å². The first-order chi connectivity index (χ1) is 8.16. The summed E-state index contributed by atoms with van der Waals surface area (Å²) in [6, 6.07) is 0. The summed E-state index contributed by atoms with van der Waals surface area (Å²) in [7, 11) is 1.73. The monoisotopic (exact) mass is 232 g/mol. The Balaban J connectivity index is 2.02. The van der Waals surface area contributed by atoms with Crippen molar-refractivity contribution in [3.8, 4) is 0 Å². The Labute approximate surface area is 96.9 Å². The molecule has 6 nitrogen and oxygen atoms in total. The molecule has 6 heteroatoms. The Kier molecular flexibility index (Phi) is 2.10. The van der Waals surface area contributed by atoms with Crippen LogP contribution in [0.2, 0.25) is 0 Å². The van der Waals surface area contributed by atoms with Gasteiger partial charge in [-0.2, -0.15) is 5.10 Å². The van der Waals surface area contributed by atoms with Gasteiger partial charge in [0.05, 0.1) is 12.7 Å². The maximum absolute atomic E-state index is 12.0. The fraction of sp³-hybridized carbons (Fsp3) is 0.455. The highest BCUT2D eigenvalue weighted by atomic mass is 16.1. The molecule has 0 bridgehead atoms. The van der Waals surface area contributed by atoms with Crippen molar-refractivity contribution in [2.75, 3.05) is 0 Å². The quantitative estimate of drug-likeness (QED) is 0.753. The van der Waals surface area contributed by atoms with Gasteiger partial charge in [-0.1, -0.05) is 0 Å². The SMILES string of the molecule is Cn1ncc2c(=O)n(CC(=O)C3CC3)cnc21. The number of carbonyl (C=O) groups is 1. The largest absolute Gasteiger partial charge is 0.297 e. The molecule has 0 spiro atoms. The van der Waals surface area contributed by atoms with Gasteiger partial charge in [0.2, 0.25) is 0 Å². The molecule has 1 aliphatic carbocycles. The molecule has 1 fully saturated rings. The van der Waals surface area contributed by atoms with Crippen LogP contribution < -0.4 is 5.56 Å². The van der Waals surface area contributed by atoms with Crippen LogP contribution in [0.5, 0.6) is 0 Å². The second kappa shape index (κ2) is 3.51. The average Bonchev–Trinajstić information content (AvgIpc) is 3.08. The predicted molar refractivity (Wildman–Crippen MR) is 60.5 cm³/mol. The fourth-order valence-corrected chi connectivity index (χ4v) is 1.88. The topological polar surface area (TPSA) is 69.8 Å². The highest BCUT2D eigenvalue weighted by molar-refractivity contribution is 5.83. The summed E-state index contributed by atoms with van der Waals surface area (Å²) in [4.78, 5) is 27.8. The average molecular weight is 232 g/mol. The molecule has 88 valence electrons. The molecule has 0 unspecified atom stereocenters. The van der Waals surface area contributed by atoms with E-state index in [0.29, 0.717) is 11.0 Å². The van der Waals surface area contributed by atoms with Crippen LogP contribution in [0.3, 0.4) is 0 Å². The van der Waals surface area contributed by atoms with E-state index in [9.17, 15) is 9.59 Å². The van der Waals surface area contributed by atoms with Crippen LogP contribution in [0.4, 0.5) is 0 Å². The molecule has 0 aliphatic heterocycles. The third kappa shape index (κ3) is 1.65. The maximum Gasteiger partial charge on any atom is 0.264 e. The van der Waals surface area contributed by atoms with Crippen LogP contribution in [0.15, 0.2) is 17.3 Å². The first-order valence-corrected chi connectivity index (χ1v) is 5.56. The van der Waals surface area contributed by atoms with Gasteiger partial charge < -0.3 is 0 Å². The molecular weight excluding hydrogens is 220 g/mol. The standard InChI is InChI=1S/C11H12N4O2/c1-14-10-8(4-13-14)11(17)15(6-12-10)5-9(16)7-2-3-7/h4,6-7H,2-3,5H2,1H3. The minimum Gasteiger partial charge on any atom is -0.297 e. The van der Waals surface area contributed by atoms with E-state index in [0.717, 1.165) is 12.8 Å². The summed E-state index contributed by atoms with van der Waals surface area (Å²) in [5, 5.41) is 4.44. The van der Waals surface area contributed by atoms with E-state index in [4.69, 9.17) is 0 Å². The van der Waals surface area contributed by atoms with Crippen molar-refractivity contribution in [2.24, 2.45) is 13.0 Å². The van der Waals surface area contributed by atoms with Crippen LogP contribution in [0, 0.1) is 5.92 Å². The summed E-state index contributed by atoms with van der Waals surface area (Å²) >= 11 is 0. The summed E-state index contributed by atoms with van der Waals surface area (Å²) in [5.41, 5.74) is 0.349. The van der Waals surface area contributed by atoms with Crippen molar-refractivity contribution >= 4 is 16.8 Å². The van der Waals surface area contributed by atoms with Gasteiger partial charge in [-0.25, -0.2) is 4.98 Å². The third-order valence-electron chi connectivity index (χ3n) is 3.08. The maximum atomic E-state index is 12.0. The number of aryl methyl sites for hydroxylation is 1. The van der Waals surface area contributed by atoms with Gasteiger partial charge in [-0.15, -0.1) is 0 Å². The lowest BCUT2D eigenvalue weighted by molar-refractivity contribution is -0.120. The van der Waals surface area contributed by atoms with E-state index in [1.807, 2.05) is 0 Å². The minimum absolute atomic E-state index is 0.122. The number of hydrogen-bond donors (Lipinski definition) is 0. The van der Waals surface area contributed by atoms with Crippen LogP contribution in [-0.4, -0.2) is 25.1 Å². The molecule has 2 heterocycles. The molecular formula is C11H12N4O2. The van der Waals surface area contributed by atoms with Crippen LogP contribution in [0.1, 0.15) is 12.8 Å². The normalized spacial score (nSPS) is 15.4. The summed E-state index contributed by atoms with van der Waals surface area (Å²) < 4.78 is 2.91. The zero-order chi connectivity index (χ0) is 12.0. The second-order valence-electron chi connectivity index (χ2n) is 4.42. The lowest BCUT2D eigenvalue weighted by Gasteiger charge is -2.03. The fourth-order valence-electron chi connectivity index (χ4n) is 1.88. The summed E-state index contributed by atoms with van der Waals surface area (Å²) in [6.07, 6.45) is 4.82. The Morgan fingerprint density at radius 3 is 3.00 bits per heavy atom. The number of carbonyl (C=O) groups excluding carboxylic acids is 1. The number of rotatable bonds is 3. The minimum atomic E-state index is -0.197. The zero-order valence-electron chi connectivity index (χ0n) is 9.46. The van der Waals surface area contributed by atoms with E-state index in [1.165, 1.54) is 17.1 Å². The van der Waals surface area contributed by atoms with Gasteiger partial charge in [0, 0.05) is 13.0 Å². The van der Waals surface area contributed by atoms with E-state index in [2.05, 4.69) is 10.1 Å². The van der Waals surface area contributed by atoms with Gasteiger partial charge in [0.1, 0.15) is 11.7 Å². The molecule has 0 radical (unpaired) electrons. The Morgan fingerprint density at radius 2 is 2.29 bits per heavy atom. The predicted octanol–water partition coefficient (Wildman–Crippen LogP) is 0.109. The van der Waals surface area contributed by atoms with Crippen molar-refractivity contribution in [1.29, 1.82) is 0 Å². The second-order valence-corrected chi connectivity index (χ2v) is 4.42. The smallest absolute Gasteiger partial charge is 0.264 e. The Morgan fingerprint density at radius 1 is 1.53 bits per heavy atom. The number of ketones is 1. The lowest BCUT2D eigenvalue weighted by Crippen LogP contribution is -2.25. The Bertz CT molecular complexity index is 651. The van der Waals surface area contributed by atoms with Crippen molar-refractivity contribution in [3.63, 3.8) is 0 Å². The molecule has 2 aromatic rings. The van der Waals surface area contributed by atoms with Gasteiger partial charge in [-0.05, 0) is 12.8 Å². The highest BCUT2D eigenvalue weighted by Gasteiger charge is 2.29. The molecule has 0 N–H and O–H groups in total. The first kappa shape index (κ1) is 10.2. The number of hydrogen-bond acceptors (Lipinski definition) is 4. The van der Waals surface area contributed by atoms with Crippen molar-refractivity contribution in [2.45, 2.75) is 19.4 Å². The number of aromatic nitrogens is 4. The van der Waals surface area contributed by atoms with Gasteiger partial charge in [-0.3, -0.25) is 18.8 Å². The van der Waals surface area contributed by atoms with Gasteiger partial charge in [0.15, 0.2) is 11.4 Å². The number of nitrogens with zero attached hydrogens (tertiary/aromatic N) is 4. The van der Waals surface area contributed by atoms with Crippen LogP contribution >= 0.6 is 0 Å².